The lowest BCUT2D eigenvalue weighted by Gasteiger charge is -2.04. The molecule has 0 fully saturated rings. The highest BCUT2D eigenvalue weighted by Gasteiger charge is 2.08. The zero-order valence-corrected chi connectivity index (χ0v) is 10.6. The van der Waals surface area contributed by atoms with Crippen molar-refractivity contribution in [3.8, 4) is 5.75 Å². The summed E-state index contributed by atoms with van der Waals surface area (Å²) in [6.45, 7) is 0. The van der Waals surface area contributed by atoms with Gasteiger partial charge in [0.1, 0.15) is 5.75 Å². The number of rotatable bonds is 2. The fourth-order valence-electron chi connectivity index (χ4n) is 0.815. The van der Waals surface area contributed by atoms with E-state index in [-0.39, 0.29) is 4.90 Å². The van der Waals surface area contributed by atoms with Crippen LogP contribution in [0.25, 0.3) is 0 Å². The number of methoxy groups -OCH3 is 1. The van der Waals surface area contributed by atoms with Gasteiger partial charge >= 0.3 is 0 Å². The van der Waals surface area contributed by atoms with Crippen LogP contribution in [0.1, 0.15) is 0 Å². The molecule has 0 radical (unpaired) electrons. The third-order valence-corrected chi connectivity index (χ3v) is 3.76. The lowest BCUT2D eigenvalue weighted by molar-refractivity contribution is 0.410. The van der Waals surface area contributed by atoms with E-state index in [9.17, 15) is 8.42 Å². The fraction of sp³-hybridized carbons (Fsp3) is 0.143. The highest BCUT2D eigenvalue weighted by molar-refractivity contribution is 9.11. The summed E-state index contributed by atoms with van der Waals surface area (Å²) in [5.74, 6) is 0.498. The molecule has 3 nitrogen and oxygen atoms in total. The number of ether oxygens (including phenoxy) is 1. The second kappa shape index (κ2) is 4.43. The summed E-state index contributed by atoms with van der Waals surface area (Å²) in [5.41, 5.74) is 0. The van der Waals surface area contributed by atoms with Crippen LogP contribution in [-0.4, -0.2) is 15.5 Å². The Bertz CT molecular complexity index is 393. The second-order valence-corrected chi connectivity index (χ2v) is 4.90. The molecule has 0 N–H and O–H groups in total. The number of halogens is 2. The van der Waals surface area contributed by atoms with E-state index in [2.05, 4.69) is 31.9 Å². The standard InChI is InChI=1S/C7H6Br2O3S/c1-12-6-3-7(13(10)11)5(9)2-4(6)8/h2-3,13H,1H3. The van der Waals surface area contributed by atoms with Gasteiger partial charge in [-0.3, -0.25) is 0 Å². The van der Waals surface area contributed by atoms with E-state index in [0.29, 0.717) is 14.7 Å². The van der Waals surface area contributed by atoms with E-state index in [0.717, 1.165) is 0 Å². The van der Waals surface area contributed by atoms with Gasteiger partial charge in [-0.25, -0.2) is 8.42 Å². The van der Waals surface area contributed by atoms with E-state index in [1.165, 1.54) is 13.2 Å². The van der Waals surface area contributed by atoms with Gasteiger partial charge in [0.05, 0.1) is 16.5 Å². The van der Waals surface area contributed by atoms with Crippen molar-refractivity contribution >= 4 is 42.6 Å². The second-order valence-electron chi connectivity index (χ2n) is 2.20. The van der Waals surface area contributed by atoms with Crippen molar-refractivity contribution in [2.75, 3.05) is 7.11 Å². The molecule has 1 rings (SSSR count). The van der Waals surface area contributed by atoms with Crippen LogP contribution in [0.4, 0.5) is 0 Å². The molecule has 0 spiro atoms. The van der Waals surface area contributed by atoms with Crippen molar-refractivity contribution in [1.29, 1.82) is 0 Å². The van der Waals surface area contributed by atoms with Gasteiger partial charge in [0, 0.05) is 10.5 Å². The zero-order valence-electron chi connectivity index (χ0n) is 6.58. The highest BCUT2D eigenvalue weighted by atomic mass is 79.9. The van der Waals surface area contributed by atoms with Crippen molar-refractivity contribution < 1.29 is 13.2 Å². The van der Waals surface area contributed by atoms with Gasteiger partial charge < -0.3 is 4.74 Å². The van der Waals surface area contributed by atoms with Crippen LogP contribution in [-0.2, 0) is 10.7 Å². The molecule has 0 saturated heterocycles. The molecule has 1 aromatic carbocycles. The summed E-state index contributed by atoms with van der Waals surface area (Å²) in [4.78, 5) is 0.218. The lowest BCUT2D eigenvalue weighted by Crippen LogP contribution is -1.89. The predicted molar refractivity (Wildman–Crippen MR) is 57.0 cm³/mol. The smallest absolute Gasteiger partial charge is 0.169 e. The lowest BCUT2D eigenvalue weighted by atomic mass is 10.3. The van der Waals surface area contributed by atoms with E-state index in [4.69, 9.17) is 4.74 Å². The third-order valence-electron chi connectivity index (χ3n) is 1.42. The van der Waals surface area contributed by atoms with Gasteiger partial charge in [-0.2, -0.15) is 0 Å². The molecule has 1 aromatic rings. The average Bonchev–Trinajstić information content (AvgIpc) is 2.03. The Morgan fingerprint density at radius 3 is 2.31 bits per heavy atom. The molecule has 0 heterocycles. The van der Waals surface area contributed by atoms with Gasteiger partial charge in [0.2, 0.25) is 0 Å². The quantitative estimate of drug-likeness (QED) is 0.846. The van der Waals surface area contributed by atoms with E-state index < -0.39 is 10.7 Å². The first-order chi connectivity index (χ1) is 6.06. The molecule has 0 unspecified atom stereocenters. The van der Waals surface area contributed by atoms with E-state index in [1.807, 2.05) is 0 Å². The number of hydrogen-bond donors (Lipinski definition) is 1. The average molecular weight is 330 g/mol. The molecule has 0 saturated carbocycles. The molecule has 0 amide bonds. The van der Waals surface area contributed by atoms with E-state index in [1.54, 1.807) is 6.07 Å². The molecule has 0 aliphatic heterocycles. The minimum absolute atomic E-state index is 0.218. The van der Waals surface area contributed by atoms with Crippen LogP contribution >= 0.6 is 31.9 Å². The Kier molecular flexibility index (Phi) is 3.75. The summed E-state index contributed by atoms with van der Waals surface area (Å²) < 4.78 is 27.7. The molecule has 0 aliphatic carbocycles. The van der Waals surface area contributed by atoms with Crippen molar-refractivity contribution in [3.05, 3.63) is 21.1 Å². The maximum Gasteiger partial charge on any atom is 0.169 e. The molecule has 13 heavy (non-hydrogen) atoms. The van der Waals surface area contributed by atoms with Gasteiger partial charge in [0.25, 0.3) is 0 Å². The summed E-state index contributed by atoms with van der Waals surface area (Å²) in [7, 11) is -1.12. The molecule has 0 atom stereocenters. The van der Waals surface area contributed by atoms with E-state index >= 15 is 0 Å². The largest absolute Gasteiger partial charge is 0.496 e. The van der Waals surface area contributed by atoms with Crippen LogP contribution in [0.5, 0.6) is 5.75 Å². The fourth-order valence-corrected chi connectivity index (χ4v) is 2.87. The normalized spacial score (nSPS) is 10.5. The van der Waals surface area contributed by atoms with Gasteiger partial charge in [-0.05, 0) is 37.9 Å². The Balaban J connectivity index is 3.39. The number of benzene rings is 1. The van der Waals surface area contributed by atoms with Crippen molar-refractivity contribution in [2.24, 2.45) is 0 Å². The van der Waals surface area contributed by atoms with Crippen molar-refractivity contribution in [1.82, 2.24) is 0 Å². The van der Waals surface area contributed by atoms with Gasteiger partial charge in [0.15, 0.2) is 10.7 Å². The minimum Gasteiger partial charge on any atom is -0.496 e. The van der Waals surface area contributed by atoms with Crippen LogP contribution in [0.2, 0.25) is 0 Å². The highest BCUT2D eigenvalue weighted by Crippen LogP contribution is 2.31. The number of thiol groups is 1. The molecule has 0 bridgehead atoms. The molecule has 0 aromatic heterocycles. The van der Waals surface area contributed by atoms with Crippen molar-refractivity contribution in [3.63, 3.8) is 0 Å². The summed E-state index contributed by atoms with van der Waals surface area (Å²) in [6, 6.07) is 3.10. The first kappa shape index (κ1) is 11.0. The maximum absolute atomic E-state index is 10.7. The van der Waals surface area contributed by atoms with Crippen LogP contribution in [0.3, 0.4) is 0 Å². The monoisotopic (exact) mass is 328 g/mol. The van der Waals surface area contributed by atoms with Gasteiger partial charge in [-0.15, -0.1) is 0 Å². The van der Waals surface area contributed by atoms with Crippen LogP contribution in [0.15, 0.2) is 26.0 Å². The molecule has 6 heteroatoms. The van der Waals surface area contributed by atoms with Crippen molar-refractivity contribution in [2.45, 2.75) is 4.90 Å². The first-order valence-electron chi connectivity index (χ1n) is 3.23. The first-order valence-corrected chi connectivity index (χ1v) is 6.00. The van der Waals surface area contributed by atoms with Crippen LogP contribution in [0, 0.1) is 0 Å². The summed E-state index contributed by atoms with van der Waals surface area (Å²) >= 11 is 6.38. The number of hydrogen-bond acceptors (Lipinski definition) is 3. The Morgan fingerprint density at radius 1 is 1.23 bits per heavy atom. The zero-order chi connectivity index (χ0) is 10.0. The maximum atomic E-state index is 10.7. The SMILES string of the molecule is COc1cc([SH](=O)=O)c(Br)cc1Br. The summed E-state index contributed by atoms with van der Waals surface area (Å²) in [6.07, 6.45) is 0. The Labute approximate surface area is 94.3 Å². The Morgan fingerprint density at radius 2 is 1.85 bits per heavy atom. The Hall–Kier alpha value is -0.0700. The third kappa shape index (κ3) is 2.45. The van der Waals surface area contributed by atoms with Crippen LogP contribution < -0.4 is 4.74 Å². The topological polar surface area (TPSA) is 43.4 Å². The molecular weight excluding hydrogens is 324 g/mol. The molecule has 72 valence electrons. The molecule has 0 aliphatic rings. The van der Waals surface area contributed by atoms with Gasteiger partial charge in [-0.1, -0.05) is 0 Å². The summed E-state index contributed by atoms with van der Waals surface area (Å²) in [5, 5.41) is 0. The minimum atomic E-state index is -2.60. The predicted octanol–water partition coefficient (Wildman–Crippen LogP) is 2.19. The molecular formula is C7H6Br2O3S.